The van der Waals surface area contributed by atoms with Gasteiger partial charge in [-0.25, -0.2) is 4.79 Å². The first-order chi connectivity index (χ1) is 13.7. The normalized spacial score (nSPS) is 14.3. The molecule has 0 radical (unpaired) electrons. The number of hydrogen-bond donors (Lipinski definition) is 0. The van der Waals surface area contributed by atoms with Crippen LogP contribution in [0.4, 0.5) is 0 Å². The molecular formula is C22H49O4PSi3. The van der Waals surface area contributed by atoms with Gasteiger partial charge in [0.1, 0.15) is 6.61 Å². The summed E-state index contributed by atoms with van der Waals surface area (Å²) in [5.41, 5.74) is 2.09. The zero-order valence-corrected chi connectivity index (χ0v) is 25.3. The van der Waals surface area contributed by atoms with Gasteiger partial charge in [-0.2, -0.15) is 0 Å². The third-order valence-corrected chi connectivity index (χ3v) is 21.3. The average Bonchev–Trinajstić information content (AvgIpc) is 2.59. The molecule has 4 nitrogen and oxygen atoms in total. The molecule has 0 aliphatic heterocycles. The first-order valence-electron chi connectivity index (χ1n) is 11.5. The summed E-state index contributed by atoms with van der Waals surface area (Å²) in [6.07, 6.45) is 3.72. The third kappa shape index (κ3) is 15.1. The van der Waals surface area contributed by atoms with Crippen LogP contribution < -0.4 is 0 Å². The lowest BCUT2D eigenvalue weighted by molar-refractivity contribution is -0.139. The molecule has 178 valence electrons. The van der Waals surface area contributed by atoms with E-state index in [1.165, 1.54) is 24.6 Å². The Morgan fingerprint density at radius 3 is 2.17 bits per heavy atom. The Balaban J connectivity index is 4.29. The zero-order valence-electron chi connectivity index (χ0n) is 21.3. The van der Waals surface area contributed by atoms with E-state index in [2.05, 4.69) is 59.4 Å². The number of rotatable bonds is 17. The van der Waals surface area contributed by atoms with Crippen molar-refractivity contribution in [1.29, 1.82) is 0 Å². The van der Waals surface area contributed by atoms with Gasteiger partial charge in [-0.1, -0.05) is 45.5 Å². The van der Waals surface area contributed by atoms with E-state index in [1.807, 2.05) is 0 Å². The lowest BCUT2D eigenvalue weighted by Gasteiger charge is -2.38. The zero-order chi connectivity index (χ0) is 23.4. The summed E-state index contributed by atoms with van der Waals surface area (Å²) in [5, 5.41) is 0. The highest BCUT2D eigenvalue weighted by atomic mass is 31.1. The standard InChI is InChI=1S/C22H49O4PSi3/c1-11-12-15-28(5,6)19-30(9,10)26-29(7,8)16-13-14-24-17-21(27-4)18-25-22(23)20(2)3/h21,27H,2,11-19H2,1,3-10H3. The van der Waals surface area contributed by atoms with Crippen molar-refractivity contribution in [2.75, 3.05) is 26.5 Å². The smallest absolute Gasteiger partial charge is 0.333 e. The highest BCUT2D eigenvalue weighted by Crippen LogP contribution is 2.29. The Bertz CT molecular complexity index is 525. The molecule has 8 heteroatoms. The molecule has 0 aliphatic rings. The number of esters is 1. The van der Waals surface area contributed by atoms with Gasteiger partial charge in [0.05, 0.1) is 6.61 Å². The van der Waals surface area contributed by atoms with Gasteiger partial charge < -0.3 is 13.6 Å². The Labute approximate surface area is 192 Å². The van der Waals surface area contributed by atoms with Gasteiger partial charge in [0.2, 0.25) is 0 Å². The maximum absolute atomic E-state index is 11.5. The Morgan fingerprint density at radius 1 is 1.00 bits per heavy atom. The number of hydrogen-bond acceptors (Lipinski definition) is 4. The molecule has 0 aromatic carbocycles. The van der Waals surface area contributed by atoms with Gasteiger partial charge in [-0.3, -0.25) is 0 Å². The first kappa shape index (κ1) is 30.2. The van der Waals surface area contributed by atoms with Crippen molar-refractivity contribution in [3.8, 4) is 0 Å². The fourth-order valence-electron chi connectivity index (χ4n) is 4.07. The van der Waals surface area contributed by atoms with Crippen molar-refractivity contribution in [3.05, 3.63) is 12.2 Å². The van der Waals surface area contributed by atoms with Crippen LogP contribution in [0.5, 0.6) is 0 Å². The van der Waals surface area contributed by atoms with Crippen molar-refractivity contribution in [2.45, 2.75) is 95.8 Å². The van der Waals surface area contributed by atoms with Crippen molar-refractivity contribution in [1.82, 2.24) is 0 Å². The molecule has 0 amide bonds. The summed E-state index contributed by atoms with van der Waals surface area (Å²) in [6.45, 7) is 26.2. The van der Waals surface area contributed by atoms with E-state index in [0.29, 0.717) is 27.4 Å². The molecule has 2 atom stereocenters. The Morgan fingerprint density at radius 2 is 1.63 bits per heavy atom. The number of ether oxygens (including phenoxy) is 2. The van der Waals surface area contributed by atoms with Crippen molar-refractivity contribution < 1.29 is 18.4 Å². The van der Waals surface area contributed by atoms with Gasteiger partial charge in [0, 0.05) is 25.9 Å². The van der Waals surface area contributed by atoms with Gasteiger partial charge in [0.15, 0.2) is 16.6 Å². The van der Waals surface area contributed by atoms with Crippen LogP contribution in [0.3, 0.4) is 0 Å². The van der Waals surface area contributed by atoms with Crippen LogP contribution in [-0.4, -0.2) is 62.8 Å². The lowest BCUT2D eigenvalue weighted by atomic mass is 10.3. The summed E-state index contributed by atoms with van der Waals surface area (Å²) < 4.78 is 18.0. The average molecular weight is 493 g/mol. The highest BCUT2D eigenvalue weighted by molar-refractivity contribution is 7.38. The SMILES string of the molecule is C=C(C)C(=O)OCC(COCCC[Si](C)(C)O[Si](C)(C)C[Si](C)(C)CCCC)PC. The third-order valence-electron chi connectivity index (χ3n) is 5.22. The number of carbonyl (C=O) groups is 1. The highest BCUT2D eigenvalue weighted by Gasteiger charge is 2.37. The van der Waals surface area contributed by atoms with Gasteiger partial charge in [-0.05, 0) is 57.9 Å². The van der Waals surface area contributed by atoms with Crippen molar-refractivity contribution in [2.24, 2.45) is 0 Å². The second kappa shape index (κ2) is 14.4. The fourth-order valence-corrected chi connectivity index (χ4v) is 24.2. The summed E-state index contributed by atoms with van der Waals surface area (Å²) >= 11 is 0. The first-order valence-corrected chi connectivity index (χ1v) is 22.7. The summed E-state index contributed by atoms with van der Waals surface area (Å²) in [5.74, 6) is -0.309. The van der Waals surface area contributed by atoms with Crippen LogP contribution in [0.2, 0.25) is 57.0 Å². The van der Waals surface area contributed by atoms with Crippen LogP contribution in [0.25, 0.3) is 0 Å². The minimum absolute atomic E-state index is 0.274. The van der Waals surface area contributed by atoms with E-state index < -0.39 is 24.7 Å². The number of carbonyl (C=O) groups excluding carboxylic acids is 1. The largest absolute Gasteiger partial charge is 0.462 e. The molecule has 0 N–H and O–H groups in total. The monoisotopic (exact) mass is 492 g/mol. The van der Waals surface area contributed by atoms with Crippen LogP contribution in [0, 0.1) is 0 Å². The van der Waals surface area contributed by atoms with Gasteiger partial charge in [0.25, 0.3) is 0 Å². The Kier molecular flexibility index (Phi) is 14.5. The van der Waals surface area contributed by atoms with E-state index in [0.717, 1.165) is 19.1 Å². The molecule has 2 unspecified atom stereocenters. The van der Waals surface area contributed by atoms with E-state index in [9.17, 15) is 4.79 Å². The molecule has 0 rings (SSSR count). The lowest BCUT2D eigenvalue weighted by Crippen LogP contribution is -2.49. The predicted octanol–water partition coefficient (Wildman–Crippen LogP) is 6.66. The van der Waals surface area contributed by atoms with E-state index in [-0.39, 0.29) is 11.6 Å². The maximum Gasteiger partial charge on any atom is 0.333 e. The summed E-state index contributed by atoms with van der Waals surface area (Å²) in [6, 6.07) is 2.57. The molecule has 0 aromatic heterocycles. The molecule has 0 spiro atoms. The Hall–Kier alpha value is 0.211. The van der Waals surface area contributed by atoms with Gasteiger partial charge >= 0.3 is 5.97 Å². The molecule has 0 bridgehead atoms. The molecule has 0 saturated carbocycles. The fraction of sp³-hybridized carbons (Fsp3) is 0.864. The summed E-state index contributed by atoms with van der Waals surface area (Å²) in [7, 11) is -3.75. The van der Waals surface area contributed by atoms with Crippen LogP contribution in [-0.2, 0) is 18.4 Å². The second-order valence-corrected chi connectivity index (χ2v) is 26.6. The summed E-state index contributed by atoms with van der Waals surface area (Å²) in [4.78, 5) is 11.5. The molecule has 0 saturated heterocycles. The van der Waals surface area contributed by atoms with Crippen LogP contribution >= 0.6 is 8.58 Å². The quantitative estimate of drug-likeness (QED) is 0.0748. The van der Waals surface area contributed by atoms with Crippen LogP contribution in [0.1, 0.15) is 33.1 Å². The molecule has 0 aromatic rings. The minimum atomic E-state index is -1.67. The van der Waals surface area contributed by atoms with Crippen molar-refractivity contribution >= 4 is 39.3 Å². The predicted molar refractivity (Wildman–Crippen MR) is 142 cm³/mol. The molecule has 0 heterocycles. The molecule has 0 aliphatic carbocycles. The molecule has 0 fully saturated rings. The maximum atomic E-state index is 11.5. The molecular weight excluding hydrogens is 443 g/mol. The second-order valence-electron chi connectivity index (χ2n) is 10.6. The minimum Gasteiger partial charge on any atom is -0.462 e. The molecule has 30 heavy (non-hydrogen) atoms. The van der Waals surface area contributed by atoms with Crippen LogP contribution in [0.15, 0.2) is 12.2 Å². The number of unbranched alkanes of at least 4 members (excludes halogenated alkanes) is 1. The van der Waals surface area contributed by atoms with E-state index in [4.69, 9.17) is 13.6 Å². The topological polar surface area (TPSA) is 44.8 Å². The van der Waals surface area contributed by atoms with E-state index >= 15 is 0 Å². The van der Waals surface area contributed by atoms with E-state index in [1.54, 1.807) is 6.92 Å². The van der Waals surface area contributed by atoms with Crippen molar-refractivity contribution in [3.63, 3.8) is 0 Å². The van der Waals surface area contributed by atoms with Gasteiger partial charge in [-0.15, -0.1) is 8.58 Å².